The number of ether oxygens (including phenoxy) is 1. The molecule has 0 amide bonds. The SMILES string of the molecule is CC(C)(C)c1ccc(CN2CCC(OCC(=O)O)CC2)s1. The van der Waals surface area contributed by atoms with Crippen LogP contribution in [0.2, 0.25) is 0 Å². The second-order valence-corrected chi connectivity index (χ2v) is 7.86. The monoisotopic (exact) mass is 311 g/mol. The molecular weight excluding hydrogens is 286 g/mol. The fourth-order valence-corrected chi connectivity index (χ4v) is 3.62. The summed E-state index contributed by atoms with van der Waals surface area (Å²) in [6.07, 6.45) is 1.95. The van der Waals surface area contributed by atoms with Crippen LogP contribution in [0, 0.1) is 0 Å². The Kier molecular flexibility index (Phi) is 5.41. The summed E-state index contributed by atoms with van der Waals surface area (Å²) in [5, 5.41) is 8.62. The molecule has 1 N–H and O–H groups in total. The van der Waals surface area contributed by atoms with Crippen molar-refractivity contribution in [3.8, 4) is 0 Å². The van der Waals surface area contributed by atoms with Crippen LogP contribution in [-0.2, 0) is 21.5 Å². The highest BCUT2D eigenvalue weighted by molar-refractivity contribution is 7.12. The molecule has 2 heterocycles. The molecule has 1 aliphatic heterocycles. The quantitative estimate of drug-likeness (QED) is 0.908. The predicted molar refractivity (Wildman–Crippen MR) is 84.9 cm³/mol. The largest absolute Gasteiger partial charge is 0.480 e. The van der Waals surface area contributed by atoms with E-state index in [1.807, 2.05) is 11.3 Å². The maximum Gasteiger partial charge on any atom is 0.329 e. The van der Waals surface area contributed by atoms with Crippen molar-refractivity contribution in [1.82, 2.24) is 4.90 Å². The Hall–Kier alpha value is -0.910. The number of carbonyl (C=O) groups is 1. The maximum atomic E-state index is 10.5. The van der Waals surface area contributed by atoms with Gasteiger partial charge in [-0.2, -0.15) is 0 Å². The van der Waals surface area contributed by atoms with E-state index < -0.39 is 5.97 Å². The third-order valence-electron chi connectivity index (χ3n) is 3.76. The van der Waals surface area contributed by atoms with Gasteiger partial charge in [0.2, 0.25) is 0 Å². The van der Waals surface area contributed by atoms with Crippen LogP contribution in [-0.4, -0.2) is 41.8 Å². The van der Waals surface area contributed by atoms with E-state index in [4.69, 9.17) is 9.84 Å². The van der Waals surface area contributed by atoms with Crippen LogP contribution in [0.15, 0.2) is 12.1 Å². The topological polar surface area (TPSA) is 49.8 Å². The average molecular weight is 311 g/mol. The van der Waals surface area contributed by atoms with Gasteiger partial charge < -0.3 is 9.84 Å². The van der Waals surface area contributed by atoms with Crippen molar-refractivity contribution in [3.63, 3.8) is 0 Å². The van der Waals surface area contributed by atoms with Crippen LogP contribution in [0.3, 0.4) is 0 Å². The van der Waals surface area contributed by atoms with Gasteiger partial charge in [0, 0.05) is 29.4 Å². The molecule has 0 atom stereocenters. The molecule has 4 nitrogen and oxygen atoms in total. The Bertz CT molecular complexity index is 470. The minimum absolute atomic E-state index is 0.103. The summed E-state index contributed by atoms with van der Waals surface area (Å²) in [6, 6.07) is 4.47. The van der Waals surface area contributed by atoms with Crippen molar-refractivity contribution in [1.29, 1.82) is 0 Å². The van der Waals surface area contributed by atoms with Gasteiger partial charge in [-0.1, -0.05) is 20.8 Å². The number of hydrogen-bond donors (Lipinski definition) is 1. The molecule has 0 radical (unpaired) electrons. The standard InChI is InChI=1S/C16H25NO3S/c1-16(2,3)14-5-4-13(21-14)10-17-8-6-12(7-9-17)20-11-15(18)19/h4-5,12H,6-11H2,1-3H3,(H,18,19). The Balaban J connectivity index is 1.78. The Morgan fingerprint density at radius 3 is 2.57 bits per heavy atom. The summed E-state index contributed by atoms with van der Waals surface area (Å²) < 4.78 is 5.37. The lowest BCUT2D eigenvalue weighted by Gasteiger charge is -2.31. The van der Waals surface area contributed by atoms with Gasteiger partial charge in [0.15, 0.2) is 0 Å². The van der Waals surface area contributed by atoms with Gasteiger partial charge in [-0.05, 0) is 30.4 Å². The summed E-state index contributed by atoms with van der Waals surface area (Å²) in [7, 11) is 0. The zero-order chi connectivity index (χ0) is 15.5. The lowest BCUT2D eigenvalue weighted by atomic mass is 9.95. The van der Waals surface area contributed by atoms with E-state index in [9.17, 15) is 4.79 Å². The molecule has 0 bridgehead atoms. The summed E-state index contributed by atoms with van der Waals surface area (Å²) in [5.74, 6) is -0.884. The van der Waals surface area contributed by atoms with Crippen LogP contribution >= 0.6 is 11.3 Å². The summed E-state index contributed by atoms with van der Waals surface area (Å²) in [4.78, 5) is 15.8. The molecule has 0 saturated carbocycles. The van der Waals surface area contributed by atoms with E-state index in [1.165, 1.54) is 9.75 Å². The highest BCUT2D eigenvalue weighted by atomic mass is 32.1. The number of thiophene rings is 1. The maximum absolute atomic E-state index is 10.5. The van der Waals surface area contributed by atoms with Crippen LogP contribution in [0.5, 0.6) is 0 Å². The molecule has 1 aliphatic rings. The molecule has 2 rings (SSSR count). The molecule has 118 valence electrons. The fourth-order valence-electron chi connectivity index (χ4n) is 2.51. The first-order chi connectivity index (χ1) is 9.84. The molecular formula is C16H25NO3S. The second kappa shape index (κ2) is 6.90. The smallest absolute Gasteiger partial charge is 0.329 e. The van der Waals surface area contributed by atoms with Gasteiger partial charge in [0.05, 0.1) is 6.10 Å². The van der Waals surface area contributed by atoms with Gasteiger partial charge in [-0.15, -0.1) is 11.3 Å². The lowest BCUT2D eigenvalue weighted by Crippen LogP contribution is -2.37. The highest BCUT2D eigenvalue weighted by Crippen LogP contribution is 2.30. The van der Waals surface area contributed by atoms with Crippen molar-refractivity contribution in [2.75, 3.05) is 19.7 Å². The lowest BCUT2D eigenvalue weighted by molar-refractivity contribution is -0.145. The van der Waals surface area contributed by atoms with E-state index >= 15 is 0 Å². The van der Waals surface area contributed by atoms with Gasteiger partial charge in [-0.25, -0.2) is 4.79 Å². The Morgan fingerprint density at radius 2 is 2.05 bits per heavy atom. The molecule has 0 aliphatic carbocycles. The van der Waals surface area contributed by atoms with Crippen molar-refractivity contribution >= 4 is 17.3 Å². The van der Waals surface area contributed by atoms with Gasteiger partial charge in [0.25, 0.3) is 0 Å². The minimum Gasteiger partial charge on any atom is -0.480 e. The van der Waals surface area contributed by atoms with E-state index in [1.54, 1.807) is 0 Å². The van der Waals surface area contributed by atoms with Crippen LogP contribution in [0.25, 0.3) is 0 Å². The van der Waals surface area contributed by atoms with Gasteiger partial charge in [0.1, 0.15) is 6.61 Å². The van der Waals surface area contributed by atoms with Crippen molar-refractivity contribution in [2.24, 2.45) is 0 Å². The van der Waals surface area contributed by atoms with E-state index in [2.05, 4.69) is 37.8 Å². The molecule has 1 aromatic rings. The molecule has 1 saturated heterocycles. The molecule has 5 heteroatoms. The van der Waals surface area contributed by atoms with Crippen LogP contribution < -0.4 is 0 Å². The molecule has 0 aromatic carbocycles. The summed E-state index contributed by atoms with van der Waals surface area (Å²) in [5.41, 5.74) is 0.223. The Morgan fingerprint density at radius 1 is 1.38 bits per heavy atom. The average Bonchev–Trinajstić information content (AvgIpc) is 2.86. The zero-order valence-electron chi connectivity index (χ0n) is 13.1. The number of carboxylic acid groups (broad SMARTS) is 1. The number of nitrogens with zero attached hydrogens (tertiary/aromatic N) is 1. The number of rotatable bonds is 5. The molecule has 1 fully saturated rings. The Labute approximate surface area is 130 Å². The highest BCUT2D eigenvalue weighted by Gasteiger charge is 2.22. The van der Waals surface area contributed by atoms with Crippen LogP contribution in [0.1, 0.15) is 43.4 Å². The normalized spacial score (nSPS) is 18.0. The fraction of sp³-hybridized carbons (Fsp3) is 0.688. The number of likely N-dealkylation sites (tertiary alicyclic amines) is 1. The number of carboxylic acids is 1. The van der Waals surface area contributed by atoms with Crippen molar-refractivity contribution < 1.29 is 14.6 Å². The molecule has 0 spiro atoms. The summed E-state index contributed by atoms with van der Waals surface area (Å²) in [6.45, 7) is 9.51. The third-order valence-corrected chi connectivity index (χ3v) is 5.25. The minimum atomic E-state index is -0.884. The van der Waals surface area contributed by atoms with Gasteiger partial charge >= 0.3 is 5.97 Å². The zero-order valence-corrected chi connectivity index (χ0v) is 13.9. The predicted octanol–water partition coefficient (Wildman–Crippen LogP) is 3.11. The van der Waals surface area contributed by atoms with E-state index in [0.29, 0.717) is 0 Å². The van der Waals surface area contributed by atoms with E-state index in [-0.39, 0.29) is 18.1 Å². The number of hydrogen-bond acceptors (Lipinski definition) is 4. The van der Waals surface area contributed by atoms with Crippen molar-refractivity contribution in [2.45, 2.75) is 51.7 Å². The van der Waals surface area contributed by atoms with Crippen LogP contribution in [0.4, 0.5) is 0 Å². The van der Waals surface area contributed by atoms with Gasteiger partial charge in [-0.3, -0.25) is 4.90 Å². The third kappa shape index (κ3) is 5.09. The second-order valence-electron chi connectivity index (χ2n) is 6.70. The number of piperidine rings is 1. The molecule has 1 aromatic heterocycles. The first-order valence-electron chi connectivity index (χ1n) is 7.49. The summed E-state index contributed by atoms with van der Waals surface area (Å²) >= 11 is 1.90. The molecule has 21 heavy (non-hydrogen) atoms. The first kappa shape index (κ1) is 16.5. The van der Waals surface area contributed by atoms with Crippen molar-refractivity contribution in [3.05, 3.63) is 21.9 Å². The first-order valence-corrected chi connectivity index (χ1v) is 8.31. The van der Waals surface area contributed by atoms with E-state index in [0.717, 1.165) is 32.5 Å². The molecule has 0 unspecified atom stereocenters. The number of aliphatic carboxylic acids is 1.